The molecule has 0 spiro atoms. The third-order valence-corrected chi connectivity index (χ3v) is 6.56. The molecule has 2 heterocycles. The van der Waals surface area contributed by atoms with Crippen molar-refractivity contribution in [2.75, 3.05) is 20.8 Å². The molecule has 3 aliphatic rings. The van der Waals surface area contributed by atoms with Crippen molar-refractivity contribution < 1.29 is 14.3 Å². The first-order valence-corrected chi connectivity index (χ1v) is 9.61. The van der Waals surface area contributed by atoms with E-state index in [9.17, 15) is 4.79 Å². The van der Waals surface area contributed by atoms with Crippen molar-refractivity contribution in [2.24, 2.45) is 0 Å². The average Bonchev–Trinajstić information content (AvgIpc) is 3.33. The van der Waals surface area contributed by atoms with E-state index < -0.39 is 0 Å². The molecule has 1 amide bonds. The van der Waals surface area contributed by atoms with Crippen molar-refractivity contribution in [1.82, 2.24) is 15.8 Å². The first kappa shape index (κ1) is 17.9. The van der Waals surface area contributed by atoms with Gasteiger partial charge in [0.05, 0.1) is 17.7 Å². The summed E-state index contributed by atoms with van der Waals surface area (Å²) in [5, 5.41) is 0. The van der Waals surface area contributed by atoms with Crippen LogP contribution in [-0.2, 0) is 14.3 Å². The average molecular weight is 359 g/mol. The molecule has 4 rings (SSSR count). The maximum atomic E-state index is 13.3. The zero-order chi connectivity index (χ0) is 18.1. The molecule has 5 atom stereocenters. The Morgan fingerprint density at radius 3 is 2.69 bits per heavy atom. The number of carbonyl (C=O) groups excluding carboxylic acids is 1. The van der Waals surface area contributed by atoms with Gasteiger partial charge in [-0.05, 0) is 37.7 Å². The zero-order valence-electron chi connectivity index (χ0n) is 15.6. The number of carbonyl (C=O) groups is 1. The van der Waals surface area contributed by atoms with Gasteiger partial charge in [0.1, 0.15) is 6.04 Å². The molecule has 1 saturated carbocycles. The number of methoxy groups -OCH3 is 2. The molecule has 26 heavy (non-hydrogen) atoms. The van der Waals surface area contributed by atoms with Gasteiger partial charge < -0.3 is 14.4 Å². The molecule has 0 radical (unpaired) electrons. The maximum Gasteiger partial charge on any atom is 0.241 e. The van der Waals surface area contributed by atoms with Crippen LogP contribution in [0.5, 0.6) is 0 Å². The first-order valence-electron chi connectivity index (χ1n) is 9.61. The summed E-state index contributed by atoms with van der Waals surface area (Å²) in [4.78, 5) is 15.3. The van der Waals surface area contributed by atoms with Gasteiger partial charge in [0.15, 0.2) is 0 Å². The molecule has 2 aliphatic heterocycles. The zero-order valence-corrected chi connectivity index (χ0v) is 15.6. The Hall–Kier alpha value is -1.47. The molecule has 0 bridgehead atoms. The highest BCUT2D eigenvalue weighted by molar-refractivity contribution is 5.83. The molecular formula is C20H29N3O3. The number of amides is 1. The predicted molar refractivity (Wildman–Crippen MR) is 98.4 cm³/mol. The van der Waals surface area contributed by atoms with Crippen molar-refractivity contribution in [1.29, 1.82) is 0 Å². The maximum absolute atomic E-state index is 13.3. The molecule has 2 saturated heterocycles. The van der Waals surface area contributed by atoms with Gasteiger partial charge in [0.25, 0.3) is 0 Å². The summed E-state index contributed by atoms with van der Waals surface area (Å²) in [5.41, 5.74) is 7.52. The second-order valence-corrected chi connectivity index (χ2v) is 7.74. The van der Waals surface area contributed by atoms with Crippen LogP contribution in [0.15, 0.2) is 30.3 Å². The third kappa shape index (κ3) is 3.05. The number of likely N-dealkylation sites (tertiary alicyclic amines) is 1. The first-order chi connectivity index (χ1) is 12.7. The van der Waals surface area contributed by atoms with Gasteiger partial charge in [-0.15, -0.1) is 0 Å². The highest BCUT2D eigenvalue weighted by Crippen LogP contribution is 2.43. The summed E-state index contributed by atoms with van der Waals surface area (Å²) in [7, 11) is 3.55. The number of nitrogens with one attached hydrogen (secondary N) is 2. The number of hydrogen-bond donors (Lipinski definition) is 2. The predicted octanol–water partition coefficient (Wildman–Crippen LogP) is 1.78. The quantitative estimate of drug-likeness (QED) is 0.858. The van der Waals surface area contributed by atoms with E-state index in [1.54, 1.807) is 14.2 Å². The largest absolute Gasteiger partial charge is 0.381 e. The lowest BCUT2D eigenvalue weighted by atomic mass is 9.79. The Morgan fingerprint density at radius 1 is 1.15 bits per heavy atom. The molecule has 2 unspecified atom stereocenters. The SMILES string of the molecule is CO[C@@H]1CC[C@@]2(OC)CCN(C(=O)C3CC(c4ccccc4)NN3)[C@H]2C1. The van der Waals surface area contributed by atoms with Gasteiger partial charge in [-0.3, -0.25) is 4.79 Å². The number of ether oxygens (including phenoxy) is 2. The second kappa shape index (κ2) is 7.27. The number of hydrazine groups is 1. The fourth-order valence-corrected chi connectivity index (χ4v) is 4.96. The molecule has 6 nitrogen and oxygen atoms in total. The Balaban J connectivity index is 1.46. The number of benzene rings is 1. The standard InChI is InChI=1S/C20H29N3O3/c1-25-15-8-9-20(26-2)10-11-23(18(20)12-15)19(24)17-13-16(21-22-17)14-6-4-3-5-7-14/h3-7,15-18,21-22H,8-13H2,1-2H3/t15-,16?,17?,18+,20-/m1/s1. The molecule has 0 aromatic heterocycles. The van der Waals surface area contributed by atoms with Gasteiger partial charge >= 0.3 is 0 Å². The Morgan fingerprint density at radius 2 is 1.96 bits per heavy atom. The van der Waals surface area contributed by atoms with Crippen molar-refractivity contribution in [3.63, 3.8) is 0 Å². The van der Waals surface area contributed by atoms with E-state index in [2.05, 4.69) is 23.0 Å². The van der Waals surface area contributed by atoms with Crippen molar-refractivity contribution in [3.05, 3.63) is 35.9 Å². The van der Waals surface area contributed by atoms with Crippen LogP contribution in [0.2, 0.25) is 0 Å². The highest BCUT2D eigenvalue weighted by Gasteiger charge is 2.53. The number of rotatable bonds is 4. The van der Waals surface area contributed by atoms with Crippen LogP contribution in [0.1, 0.15) is 43.7 Å². The second-order valence-electron chi connectivity index (χ2n) is 7.74. The minimum atomic E-state index is -0.199. The Labute approximate surface area is 155 Å². The fraction of sp³-hybridized carbons (Fsp3) is 0.650. The topological polar surface area (TPSA) is 62.8 Å². The van der Waals surface area contributed by atoms with Crippen molar-refractivity contribution in [3.8, 4) is 0 Å². The molecule has 1 aromatic carbocycles. The molecule has 2 N–H and O–H groups in total. The van der Waals surface area contributed by atoms with E-state index in [4.69, 9.17) is 9.47 Å². The van der Waals surface area contributed by atoms with Crippen LogP contribution in [0, 0.1) is 0 Å². The van der Waals surface area contributed by atoms with Gasteiger partial charge in [-0.2, -0.15) is 0 Å². The summed E-state index contributed by atoms with van der Waals surface area (Å²) >= 11 is 0. The lowest BCUT2D eigenvalue weighted by Crippen LogP contribution is -2.56. The van der Waals surface area contributed by atoms with Crippen LogP contribution in [-0.4, -0.2) is 55.4 Å². The molecular weight excluding hydrogens is 330 g/mol. The van der Waals surface area contributed by atoms with Gasteiger partial charge in [0, 0.05) is 26.8 Å². The monoisotopic (exact) mass is 359 g/mol. The lowest BCUT2D eigenvalue weighted by Gasteiger charge is -2.43. The number of hydrogen-bond acceptors (Lipinski definition) is 5. The van der Waals surface area contributed by atoms with E-state index in [0.29, 0.717) is 0 Å². The third-order valence-electron chi connectivity index (χ3n) is 6.56. The van der Waals surface area contributed by atoms with Crippen LogP contribution in [0.3, 0.4) is 0 Å². The summed E-state index contributed by atoms with van der Waals surface area (Å²) in [6.07, 6.45) is 4.71. The minimum absolute atomic E-state index is 0.108. The van der Waals surface area contributed by atoms with E-state index >= 15 is 0 Å². The summed E-state index contributed by atoms with van der Waals surface area (Å²) in [5.74, 6) is 0.177. The minimum Gasteiger partial charge on any atom is -0.381 e. The lowest BCUT2D eigenvalue weighted by molar-refractivity contribution is -0.142. The van der Waals surface area contributed by atoms with Crippen LogP contribution < -0.4 is 10.9 Å². The van der Waals surface area contributed by atoms with Crippen molar-refractivity contribution in [2.45, 2.75) is 61.9 Å². The van der Waals surface area contributed by atoms with E-state index in [-0.39, 0.29) is 35.7 Å². The van der Waals surface area contributed by atoms with E-state index in [0.717, 1.165) is 38.6 Å². The van der Waals surface area contributed by atoms with Gasteiger partial charge in [0.2, 0.25) is 5.91 Å². The summed E-state index contributed by atoms with van der Waals surface area (Å²) in [6, 6.07) is 10.4. The number of fused-ring (bicyclic) bond motifs is 1. The normalized spacial score (nSPS) is 36.9. The Kier molecular flexibility index (Phi) is 5.01. The Bertz CT molecular complexity index is 640. The van der Waals surface area contributed by atoms with Gasteiger partial charge in [-0.1, -0.05) is 30.3 Å². The molecule has 142 valence electrons. The van der Waals surface area contributed by atoms with Gasteiger partial charge in [-0.25, -0.2) is 10.9 Å². The smallest absolute Gasteiger partial charge is 0.241 e. The van der Waals surface area contributed by atoms with Crippen molar-refractivity contribution >= 4 is 5.91 Å². The molecule has 3 fully saturated rings. The summed E-state index contributed by atoms with van der Waals surface area (Å²) < 4.78 is 11.5. The van der Waals surface area contributed by atoms with E-state index in [1.807, 2.05) is 23.1 Å². The van der Waals surface area contributed by atoms with Crippen LogP contribution >= 0.6 is 0 Å². The van der Waals surface area contributed by atoms with E-state index in [1.165, 1.54) is 5.56 Å². The molecule has 6 heteroatoms. The fourth-order valence-electron chi connectivity index (χ4n) is 4.96. The highest BCUT2D eigenvalue weighted by atomic mass is 16.5. The van der Waals surface area contributed by atoms with Crippen LogP contribution in [0.4, 0.5) is 0 Å². The summed E-state index contributed by atoms with van der Waals surface area (Å²) in [6.45, 7) is 0.766. The molecule has 1 aliphatic carbocycles. The number of nitrogens with zero attached hydrogens (tertiary/aromatic N) is 1. The van der Waals surface area contributed by atoms with Crippen LogP contribution in [0.25, 0.3) is 0 Å². The molecule has 1 aromatic rings.